The summed E-state index contributed by atoms with van der Waals surface area (Å²) in [6.45, 7) is 2.10. The number of hydrogen-bond donors (Lipinski definition) is 2. The Morgan fingerprint density at radius 2 is 2.05 bits per heavy atom. The van der Waals surface area contributed by atoms with E-state index in [-0.39, 0.29) is 29.7 Å². The van der Waals surface area contributed by atoms with Crippen LogP contribution in [0.15, 0.2) is 35.3 Å². The summed E-state index contributed by atoms with van der Waals surface area (Å²) in [4.78, 5) is 4.16. The number of benzene rings is 1. The molecule has 0 aromatic heterocycles. The lowest BCUT2D eigenvalue weighted by Crippen LogP contribution is -2.34. The lowest BCUT2D eigenvalue weighted by atomic mass is 10.1. The van der Waals surface area contributed by atoms with E-state index in [0.29, 0.717) is 38.6 Å². The Bertz CT molecular complexity index is 578. The van der Waals surface area contributed by atoms with Crippen molar-refractivity contribution in [1.82, 2.24) is 9.62 Å². The molecular weight excluding hydrogens is 415 g/mol. The van der Waals surface area contributed by atoms with Crippen molar-refractivity contribution in [2.75, 3.05) is 31.9 Å². The quantitative estimate of drug-likeness (QED) is 0.391. The zero-order valence-corrected chi connectivity index (χ0v) is 15.6. The molecule has 6 nitrogen and oxygen atoms in total. The summed E-state index contributed by atoms with van der Waals surface area (Å²) in [5, 5.41) is 3.04. The highest BCUT2D eigenvalue weighted by molar-refractivity contribution is 14.0. The molecule has 8 heteroatoms. The minimum Gasteiger partial charge on any atom is -0.370 e. The minimum atomic E-state index is -3.04. The fraction of sp³-hybridized carbons (Fsp3) is 0.500. The number of nitrogens with one attached hydrogen (secondary N) is 1. The van der Waals surface area contributed by atoms with Crippen molar-refractivity contribution >= 4 is 40.0 Å². The molecule has 0 unspecified atom stereocenters. The molecule has 1 heterocycles. The van der Waals surface area contributed by atoms with Crippen LogP contribution in [0.3, 0.4) is 0 Å². The van der Waals surface area contributed by atoms with E-state index in [1.165, 1.54) is 9.87 Å². The minimum absolute atomic E-state index is 0. The first-order valence-corrected chi connectivity index (χ1v) is 8.74. The van der Waals surface area contributed by atoms with Crippen LogP contribution in [-0.2, 0) is 16.4 Å². The summed E-state index contributed by atoms with van der Waals surface area (Å²) in [7, 11) is -3.04. The smallest absolute Gasteiger partial charge is 0.214 e. The fourth-order valence-electron chi connectivity index (χ4n) is 2.26. The van der Waals surface area contributed by atoms with E-state index >= 15 is 0 Å². The summed E-state index contributed by atoms with van der Waals surface area (Å²) in [6, 6.07) is 10.1. The van der Waals surface area contributed by atoms with Crippen molar-refractivity contribution < 1.29 is 8.42 Å². The molecule has 1 aromatic rings. The molecule has 0 spiro atoms. The lowest BCUT2D eigenvalue weighted by molar-refractivity contribution is 0.452. The van der Waals surface area contributed by atoms with Crippen LogP contribution >= 0.6 is 24.0 Å². The first-order valence-electron chi connectivity index (χ1n) is 7.13. The predicted molar refractivity (Wildman–Crippen MR) is 100 cm³/mol. The van der Waals surface area contributed by atoms with Gasteiger partial charge in [0.1, 0.15) is 0 Å². The fourth-order valence-corrected chi connectivity index (χ4v) is 3.78. The zero-order valence-electron chi connectivity index (χ0n) is 12.4. The van der Waals surface area contributed by atoms with E-state index in [4.69, 9.17) is 5.73 Å². The van der Waals surface area contributed by atoms with Gasteiger partial charge in [-0.1, -0.05) is 30.3 Å². The molecular formula is C14H23IN4O2S. The second kappa shape index (κ2) is 9.31. The van der Waals surface area contributed by atoms with Crippen molar-refractivity contribution in [1.29, 1.82) is 0 Å². The van der Waals surface area contributed by atoms with Crippen molar-refractivity contribution in [2.45, 2.75) is 12.8 Å². The molecule has 0 aliphatic carbocycles. The van der Waals surface area contributed by atoms with Gasteiger partial charge in [0.15, 0.2) is 5.96 Å². The van der Waals surface area contributed by atoms with E-state index in [1.54, 1.807) is 0 Å². The third kappa shape index (κ3) is 6.09. The van der Waals surface area contributed by atoms with E-state index in [1.807, 2.05) is 18.2 Å². The number of aliphatic imine (C=N–C) groups is 1. The molecule has 0 saturated carbocycles. The van der Waals surface area contributed by atoms with Gasteiger partial charge in [-0.2, -0.15) is 0 Å². The maximum Gasteiger partial charge on any atom is 0.214 e. The number of rotatable bonds is 6. The molecule has 1 saturated heterocycles. The Morgan fingerprint density at radius 3 is 2.68 bits per heavy atom. The number of hydrogen-bond acceptors (Lipinski definition) is 3. The topological polar surface area (TPSA) is 87.8 Å². The van der Waals surface area contributed by atoms with Gasteiger partial charge in [0, 0.05) is 19.6 Å². The molecule has 1 fully saturated rings. The largest absolute Gasteiger partial charge is 0.370 e. The molecule has 1 aromatic carbocycles. The first kappa shape index (κ1) is 19.2. The molecule has 1 aliphatic rings. The summed E-state index contributed by atoms with van der Waals surface area (Å²) < 4.78 is 24.7. The highest BCUT2D eigenvalue weighted by atomic mass is 127. The number of halogens is 1. The van der Waals surface area contributed by atoms with Crippen LogP contribution in [-0.4, -0.2) is 50.6 Å². The van der Waals surface area contributed by atoms with Crippen LogP contribution in [0.5, 0.6) is 0 Å². The number of guanidine groups is 1. The van der Waals surface area contributed by atoms with Gasteiger partial charge >= 0.3 is 0 Å². The molecule has 22 heavy (non-hydrogen) atoms. The van der Waals surface area contributed by atoms with E-state index < -0.39 is 10.0 Å². The zero-order chi connectivity index (χ0) is 15.1. The molecule has 0 radical (unpaired) electrons. The number of sulfonamides is 1. The number of nitrogens with zero attached hydrogens (tertiary/aromatic N) is 2. The Hall–Kier alpha value is -0.870. The lowest BCUT2D eigenvalue weighted by Gasteiger charge is -2.12. The van der Waals surface area contributed by atoms with Gasteiger partial charge < -0.3 is 11.1 Å². The highest BCUT2D eigenvalue weighted by Crippen LogP contribution is 2.12. The summed E-state index contributed by atoms with van der Waals surface area (Å²) >= 11 is 0. The van der Waals surface area contributed by atoms with Crippen molar-refractivity contribution in [3.05, 3.63) is 35.9 Å². The molecule has 2 rings (SSSR count). The molecule has 3 N–H and O–H groups in total. The Balaban J connectivity index is 0.00000242. The van der Waals surface area contributed by atoms with E-state index in [2.05, 4.69) is 22.4 Å². The average molecular weight is 438 g/mol. The third-order valence-corrected chi connectivity index (χ3v) is 5.35. The second-order valence-electron chi connectivity index (χ2n) is 5.00. The third-order valence-electron chi connectivity index (χ3n) is 3.40. The van der Waals surface area contributed by atoms with Crippen LogP contribution in [0.25, 0.3) is 0 Å². The van der Waals surface area contributed by atoms with Crippen LogP contribution in [0.2, 0.25) is 0 Å². The molecule has 0 atom stereocenters. The summed E-state index contributed by atoms with van der Waals surface area (Å²) in [6.07, 6.45) is 1.58. The van der Waals surface area contributed by atoms with Gasteiger partial charge in [-0.3, -0.25) is 4.99 Å². The molecule has 124 valence electrons. The Kier molecular flexibility index (Phi) is 8.12. The van der Waals surface area contributed by atoms with Crippen LogP contribution in [0.1, 0.15) is 12.0 Å². The maximum atomic E-state index is 11.6. The van der Waals surface area contributed by atoms with Crippen molar-refractivity contribution in [2.24, 2.45) is 10.7 Å². The van der Waals surface area contributed by atoms with Crippen molar-refractivity contribution in [3.63, 3.8) is 0 Å². The average Bonchev–Trinajstić information content (AvgIpc) is 2.79. The molecule has 1 aliphatic heterocycles. The maximum absolute atomic E-state index is 11.6. The van der Waals surface area contributed by atoms with Crippen LogP contribution in [0, 0.1) is 0 Å². The number of nitrogens with two attached hydrogens (primary N) is 1. The second-order valence-corrected chi connectivity index (χ2v) is 7.09. The normalized spacial score (nSPS) is 17.9. The van der Waals surface area contributed by atoms with Gasteiger partial charge in [-0.15, -0.1) is 24.0 Å². The van der Waals surface area contributed by atoms with Gasteiger partial charge in [0.2, 0.25) is 10.0 Å². The molecule has 0 amide bonds. The van der Waals surface area contributed by atoms with Gasteiger partial charge in [-0.05, 0) is 18.4 Å². The van der Waals surface area contributed by atoms with Crippen LogP contribution < -0.4 is 11.1 Å². The first-order chi connectivity index (χ1) is 10.1. The van der Waals surface area contributed by atoms with Gasteiger partial charge in [0.05, 0.1) is 12.3 Å². The predicted octanol–water partition coefficient (Wildman–Crippen LogP) is 0.787. The standard InChI is InChI=1S/C14H22N4O2S.HI/c15-14(16-8-7-13-5-2-1-3-6-13)17-9-11-18-10-4-12-21(18,19)20;/h1-3,5-6H,4,7-12H2,(H3,15,16,17);1H. The molecule has 0 bridgehead atoms. The van der Waals surface area contributed by atoms with Gasteiger partial charge in [0.25, 0.3) is 0 Å². The summed E-state index contributed by atoms with van der Waals surface area (Å²) in [5.74, 6) is 0.615. The van der Waals surface area contributed by atoms with Gasteiger partial charge in [-0.25, -0.2) is 12.7 Å². The van der Waals surface area contributed by atoms with E-state index in [9.17, 15) is 8.42 Å². The van der Waals surface area contributed by atoms with Crippen molar-refractivity contribution in [3.8, 4) is 0 Å². The SMILES string of the molecule is I.NC(=NCCN1CCCS1(=O)=O)NCCc1ccccc1. The highest BCUT2D eigenvalue weighted by Gasteiger charge is 2.27. The Labute approximate surface area is 149 Å². The van der Waals surface area contributed by atoms with E-state index in [0.717, 1.165) is 6.42 Å². The Morgan fingerprint density at radius 1 is 1.32 bits per heavy atom. The monoisotopic (exact) mass is 438 g/mol. The van der Waals surface area contributed by atoms with Crippen LogP contribution in [0.4, 0.5) is 0 Å². The summed E-state index contributed by atoms with van der Waals surface area (Å²) in [5.41, 5.74) is 7.00.